The maximum absolute atomic E-state index is 13.3. The molecule has 0 amide bonds. The monoisotopic (exact) mass is 442 g/mol. The van der Waals surface area contributed by atoms with Gasteiger partial charge in [-0.15, -0.1) is 0 Å². The molecule has 3 N–H and O–H groups in total. The molecule has 0 spiro atoms. The SMILES string of the molecule is NC(c1ccccc1)C(NS(=O)(=O)Cc1ccccc1-c1ccccc1)c1ccccc1. The van der Waals surface area contributed by atoms with Gasteiger partial charge in [0.05, 0.1) is 17.8 Å². The lowest BCUT2D eigenvalue weighted by atomic mass is 9.95. The number of sulfonamides is 1. The van der Waals surface area contributed by atoms with E-state index in [1.807, 2.05) is 115 Å². The third-order valence-electron chi connectivity index (χ3n) is 5.46. The van der Waals surface area contributed by atoms with E-state index >= 15 is 0 Å². The molecule has 162 valence electrons. The van der Waals surface area contributed by atoms with Crippen LogP contribution in [0.25, 0.3) is 11.1 Å². The van der Waals surface area contributed by atoms with Gasteiger partial charge in [0.15, 0.2) is 0 Å². The molecule has 0 aliphatic carbocycles. The number of benzene rings is 4. The normalized spacial score (nSPS) is 13.4. The highest BCUT2D eigenvalue weighted by Crippen LogP contribution is 2.29. The largest absolute Gasteiger partial charge is 0.322 e. The van der Waals surface area contributed by atoms with Gasteiger partial charge < -0.3 is 5.73 Å². The first-order valence-electron chi connectivity index (χ1n) is 10.5. The average molecular weight is 443 g/mol. The van der Waals surface area contributed by atoms with Crippen LogP contribution in [0.5, 0.6) is 0 Å². The van der Waals surface area contributed by atoms with Gasteiger partial charge in [-0.2, -0.15) is 0 Å². The standard InChI is InChI=1S/C27H26N2O2S/c28-26(22-14-6-2-7-15-22)27(23-16-8-3-9-17-23)29-32(30,31)20-24-18-10-11-19-25(24)21-12-4-1-5-13-21/h1-19,26-27,29H,20,28H2. The van der Waals surface area contributed by atoms with Gasteiger partial charge in [0.2, 0.25) is 10.0 Å². The Morgan fingerprint density at radius 3 is 1.78 bits per heavy atom. The van der Waals surface area contributed by atoms with Crippen molar-refractivity contribution >= 4 is 10.0 Å². The zero-order valence-corrected chi connectivity index (χ0v) is 18.5. The Kier molecular flexibility index (Phi) is 6.81. The lowest BCUT2D eigenvalue weighted by Crippen LogP contribution is -2.36. The molecule has 0 bridgehead atoms. The van der Waals surface area contributed by atoms with E-state index < -0.39 is 22.1 Å². The highest BCUT2D eigenvalue weighted by molar-refractivity contribution is 7.88. The van der Waals surface area contributed by atoms with Gasteiger partial charge in [-0.05, 0) is 27.8 Å². The molecule has 4 aromatic rings. The van der Waals surface area contributed by atoms with Crippen LogP contribution in [0.15, 0.2) is 115 Å². The molecule has 0 aromatic heterocycles. The van der Waals surface area contributed by atoms with Crippen molar-refractivity contribution in [1.82, 2.24) is 4.72 Å². The van der Waals surface area contributed by atoms with Crippen molar-refractivity contribution in [3.05, 3.63) is 132 Å². The van der Waals surface area contributed by atoms with Gasteiger partial charge in [-0.3, -0.25) is 0 Å². The Labute approximate surface area is 189 Å². The summed E-state index contributed by atoms with van der Waals surface area (Å²) in [6.45, 7) is 0. The quantitative estimate of drug-likeness (QED) is 0.393. The van der Waals surface area contributed by atoms with Gasteiger partial charge in [-0.25, -0.2) is 13.1 Å². The summed E-state index contributed by atoms with van der Waals surface area (Å²) in [7, 11) is -3.70. The van der Waals surface area contributed by atoms with E-state index in [-0.39, 0.29) is 5.75 Å². The Bertz CT molecular complexity index is 1240. The van der Waals surface area contributed by atoms with Crippen LogP contribution < -0.4 is 10.5 Å². The molecule has 4 aromatic carbocycles. The van der Waals surface area contributed by atoms with Crippen LogP contribution in [-0.2, 0) is 15.8 Å². The fourth-order valence-corrected chi connectivity index (χ4v) is 5.28. The summed E-state index contributed by atoms with van der Waals surface area (Å²) in [5.74, 6) is -0.136. The first-order chi connectivity index (χ1) is 15.5. The van der Waals surface area contributed by atoms with Crippen molar-refractivity contribution < 1.29 is 8.42 Å². The lowest BCUT2D eigenvalue weighted by molar-refractivity contribution is 0.503. The van der Waals surface area contributed by atoms with E-state index in [1.54, 1.807) is 0 Å². The van der Waals surface area contributed by atoms with Crippen molar-refractivity contribution in [2.75, 3.05) is 0 Å². The summed E-state index contributed by atoms with van der Waals surface area (Å²) in [5.41, 5.74) is 10.9. The summed E-state index contributed by atoms with van der Waals surface area (Å²) in [6, 6.07) is 35.3. The van der Waals surface area contributed by atoms with Gasteiger partial charge in [-0.1, -0.05) is 115 Å². The smallest absolute Gasteiger partial charge is 0.216 e. The Balaban J connectivity index is 1.65. The Morgan fingerprint density at radius 1 is 0.656 bits per heavy atom. The van der Waals surface area contributed by atoms with E-state index in [4.69, 9.17) is 5.73 Å². The maximum Gasteiger partial charge on any atom is 0.216 e. The van der Waals surface area contributed by atoms with Crippen LogP contribution >= 0.6 is 0 Å². The van der Waals surface area contributed by atoms with Crippen molar-refractivity contribution in [3.63, 3.8) is 0 Å². The molecule has 0 heterocycles. The van der Waals surface area contributed by atoms with Crippen LogP contribution in [0.4, 0.5) is 0 Å². The summed E-state index contributed by atoms with van der Waals surface area (Å²) in [5, 5.41) is 0. The minimum absolute atomic E-state index is 0.136. The third-order valence-corrected chi connectivity index (χ3v) is 6.76. The molecule has 0 saturated heterocycles. The molecular weight excluding hydrogens is 416 g/mol. The molecule has 0 saturated carbocycles. The molecule has 0 fully saturated rings. The molecule has 0 radical (unpaired) electrons. The number of hydrogen-bond donors (Lipinski definition) is 2. The summed E-state index contributed by atoms with van der Waals surface area (Å²) in [4.78, 5) is 0. The molecule has 2 unspecified atom stereocenters. The molecule has 4 nitrogen and oxygen atoms in total. The van der Waals surface area contributed by atoms with Crippen molar-refractivity contribution in [1.29, 1.82) is 0 Å². The maximum atomic E-state index is 13.3. The minimum atomic E-state index is -3.70. The molecule has 32 heavy (non-hydrogen) atoms. The second-order valence-corrected chi connectivity index (χ2v) is 9.48. The second-order valence-electron chi connectivity index (χ2n) is 7.72. The van der Waals surface area contributed by atoms with E-state index in [1.165, 1.54) is 0 Å². The number of hydrogen-bond acceptors (Lipinski definition) is 3. The fraction of sp³-hybridized carbons (Fsp3) is 0.111. The van der Waals surface area contributed by atoms with Crippen molar-refractivity contribution in [2.45, 2.75) is 17.8 Å². The van der Waals surface area contributed by atoms with Crippen molar-refractivity contribution in [2.24, 2.45) is 5.73 Å². The highest BCUT2D eigenvalue weighted by Gasteiger charge is 2.27. The molecular formula is C27H26N2O2S. The summed E-state index contributed by atoms with van der Waals surface area (Å²) in [6.07, 6.45) is 0. The molecule has 0 aliphatic heterocycles. The van der Waals surface area contributed by atoms with Gasteiger partial charge in [0.1, 0.15) is 0 Å². The van der Waals surface area contributed by atoms with Gasteiger partial charge >= 0.3 is 0 Å². The summed E-state index contributed by atoms with van der Waals surface area (Å²) < 4.78 is 29.6. The molecule has 2 atom stereocenters. The highest BCUT2D eigenvalue weighted by atomic mass is 32.2. The Morgan fingerprint density at radius 2 is 1.16 bits per heavy atom. The lowest BCUT2D eigenvalue weighted by Gasteiger charge is -2.26. The van der Waals surface area contributed by atoms with Crippen molar-refractivity contribution in [3.8, 4) is 11.1 Å². The first kappa shape index (κ1) is 22.0. The minimum Gasteiger partial charge on any atom is -0.322 e. The number of nitrogens with two attached hydrogens (primary N) is 1. The van der Waals surface area contributed by atoms with Crippen LogP contribution in [-0.4, -0.2) is 8.42 Å². The molecule has 4 rings (SSSR count). The topological polar surface area (TPSA) is 72.2 Å². The predicted molar refractivity (Wildman–Crippen MR) is 130 cm³/mol. The van der Waals surface area contributed by atoms with E-state index in [0.29, 0.717) is 0 Å². The first-order valence-corrected chi connectivity index (χ1v) is 12.2. The zero-order chi connectivity index (χ0) is 22.4. The fourth-order valence-electron chi connectivity index (χ4n) is 3.86. The predicted octanol–water partition coefficient (Wildman–Crippen LogP) is 5.21. The molecule has 5 heteroatoms. The third kappa shape index (κ3) is 5.32. The van der Waals surface area contributed by atoms with Gasteiger partial charge in [0.25, 0.3) is 0 Å². The second kappa shape index (κ2) is 9.92. The summed E-state index contributed by atoms with van der Waals surface area (Å²) >= 11 is 0. The van der Waals surface area contributed by atoms with Crippen LogP contribution in [0.2, 0.25) is 0 Å². The van der Waals surface area contributed by atoms with E-state index in [0.717, 1.165) is 27.8 Å². The van der Waals surface area contributed by atoms with Crippen LogP contribution in [0, 0.1) is 0 Å². The van der Waals surface area contributed by atoms with E-state index in [9.17, 15) is 8.42 Å². The average Bonchev–Trinajstić information content (AvgIpc) is 2.84. The Hall–Kier alpha value is -3.25. The van der Waals surface area contributed by atoms with Gasteiger partial charge in [0, 0.05) is 0 Å². The number of rotatable bonds is 8. The van der Waals surface area contributed by atoms with E-state index in [2.05, 4.69) is 4.72 Å². The van der Waals surface area contributed by atoms with Crippen LogP contribution in [0.3, 0.4) is 0 Å². The van der Waals surface area contributed by atoms with Crippen LogP contribution in [0.1, 0.15) is 28.8 Å². The molecule has 0 aliphatic rings. The zero-order valence-electron chi connectivity index (χ0n) is 17.6. The number of nitrogens with one attached hydrogen (secondary N) is 1.